The van der Waals surface area contributed by atoms with E-state index in [1.807, 2.05) is 58.0 Å². The van der Waals surface area contributed by atoms with Gasteiger partial charge in [-0.2, -0.15) is 0 Å². The SMILES string of the molecule is CC.CC.Cn1nc(Oc2ccccc2)c2c(N)ncnc21.[B]. The number of nitrogens with two attached hydrogens (primary N) is 1. The van der Waals surface area contributed by atoms with Crippen molar-refractivity contribution in [3.63, 3.8) is 0 Å². The van der Waals surface area contributed by atoms with E-state index < -0.39 is 0 Å². The summed E-state index contributed by atoms with van der Waals surface area (Å²) in [5.74, 6) is 1.47. The molecular weight excluding hydrogens is 289 g/mol. The van der Waals surface area contributed by atoms with Crippen LogP contribution in [-0.2, 0) is 7.05 Å². The van der Waals surface area contributed by atoms with E-state index in [2.05, 4.69) is 15.1 Å². The highest BCUT2D eigenvalue weighted by molar-refractivity contribution is 5.90. The van der Waals surface area contributed by atoms with Crippen molar-refractivity contribution in [2.45, 2.75) is 27.7 Å². The number of ether oxygens (including phenoxy) is 1. The molecule has 0 bridgehead atoms. The van der Waals surface area contributed by atoms with E-state index in [1.165, 1.54) is 6.33 Å². The maximum absolute atomic E-state index is 5.84. The van der Waals surface area contributed by atoms with Crippen LogP contribution in [0.15, 0.2) is 36.7 Å². The molecule has 0 atom stereocenters. The van der Waals surface area contributed by atoms with Crippen LogP contribution in [0.5, 0.6) is 11.6 Å². The predicted molar refractivity (Wildman–Crippen MR) is 95.7 cm³/mol. The van der Waals surface area contributed by atoms with Gasteiger partial charge in [0.2, 0.25) is 0 Å². The molecule has 0 unspecified atom stereocenters. The van der Waals surface area contributed by atoms with Crippen molar-refractivity contribution in [3.05, 3.63) is 36.7 Å². The molecule has 0 saturated carbocycles. The van der Waals surface area contributed by atoms with E-state index in [0.29, 0.717) is 28.5 Å². The number of hydrogen-bond acceptors (Lipinski definition) is 5. The molecule has 0 aliphatic heterocycles. The second kappa shape index (κ2) is 10.2. The highest BCUT2D eigenvalue weighted by atomic mass is 16.5. The van der Waals surface area contributed by atoms with Gasteiger partial charge in [0.05, 0.1) is 0 Å². The van der Waals surface area contributed by atoms with Crippen LogP contribution in [0.4, 0.5) is 5.82 Å². The van der Waals surface area contributed by atoms with Crippen molar-refractivity contribution in [2.24, 2.45) is 7.05 Å². The number of aryl methyl sites for hydroxylation is 1. The molecule has 7 heteroatoms. The average molecular weight is 312 g/mol. The molecule has 121 valence electrons. The molecule has 23 heavy (non-hydrogen) atoms. The van der Waals surface area contributed by atoms with Gasteiger partial charge in [0.15, 0.2) is 5.65 Å². The van der Waals surface area contributed by atoms with E-state index in [0.717, 1.165) is 0 Å². The molecule has 6 nitrogen and oxygen atoms in total. The number of anilines is 1. The number of hydrogen-bond donors (Lipinski definition) is 1. The zero-order valence-corrected chi connectivity index (χ0v) is 14.3. The zero-order valence-electron chi connectivity index (χ0n) is 14.3. The Morgan fingerprint density at radius 2 is 1.61 bits per heavy atom. The quantitative estimate of drug-likeness (QED) is 0.734. The van der Waals surface area contributed by atoms with Crippen molar-refractivity contribution >= 4 is 25.3 Å². The molecule has 0 amide bonds. The van der Waals surface area contributed by atoms with Gasteiger partial charge in [-0.1, -0.05) is 45.9 Å². The molecule has 0 spiro atoms. The normalized spacial score (nSPS) is 8.91. The number of para-hydroxylation sites is 1. The third-order valence-electron chi connectivity index (χ3n) is 2.58. The Bertz CT molecular complexity index is 700. The van der Waals surface area contributed by atoms with E-state index in [1.54, 1.807) is 11.7 Å². The average Bonchev–Trinajstić information content (AvgIpc) is 2.90. The zero-order chi connectivity index (χ0) is 16.5. The van der Waals surface area contributed by atoms with Gasteiger partial charge in [0, 0.05) is 15.5 Å². The lowest BCUT2D eigenvalue weighted by atomic mass is 10.3. The number of fused-ring (bicyclic) bond motifs is 1. The van der Waals surface area contributed by atoms with E-state index in [-0.39, 0.29) is 8.41 Å². The maximum Gasteiger partial charge on any atom is 0.251 e. The van der Waals surface area contributed by atoms with Crippen molar-refractivity contribution in [3.8, 4) is 11.6 Å². The largest absolute Gasteiger partial charge is 0.437 e. The number of aromatic nitrogens is 4. The van der Waals surface area contributed by atoms with Crippen LogP contribution in [0.2, 0.25) is 0 Å². The van der Waals surface area contributed by atoms with Crippen LogP contribution >= 0.6 is 0 Å². The van der Waals surface area contributed by atoms with Gasteiger partial charge in [-0.15, -0.1) is 5.10 Å². The van der Waals surface area contributed by atoms with E-state index in [4.69, 9.17) is 10.5 Å². The number of nitrogen functional groups attached to an aromatic ring is 1. The first-order valence-electron chi connectivity index (χ1n) is 7.42. The first-order valence-corrected chi connectivity index (χ1v) is 7.42. The van der Waals surface area contributed by atoms with Crippen LogP contribution in [0.25, 0.3) is 11.0 Å². The van der Waals surface area contributed by atoms with Gasteiger partial charge < -0.3 is 10.5 Å². The van der Waals surface area contributed by atoms with Crippen LogP contribution in [0, 0.1) is 0 Å². The van der Waals surface area contributed by atoms with Crippen molar-refractivity contribution in [1.82, 2.24) is 19.7 Å². The Labute approximate surface area is 139 Å². The van der Waals surface area contributed by atoms with Crippen molar-refractivity contribution < 1.29 is 4.74 Å². The molecule has 0 saturated heterocycles. The summed E-state index contributed by atoms with van der Waals surface area (Å²) in [5.41, 5.74) is 6.49. The lowest BCUT2D eigenvalue weighted by Crippen LogP contribution is -1.95. The van der Waals surface area contributed by atoms with Crippen LogP contribution < -0.4 is 10.5 Å². The fourth-order valence-corrected chi connectivity index (χ4v) is 1.75. The summed E-state index contributed by atoms with van der Waals surface area (Å²) in [4.78, 5) is 8.09. The fourth-order valence-electron chi connectivity index (χ4n) is 1.75. The molecule has 3 aromatic rings. The first-order chi connectivity index (χ1) is 10.8. The van der Waals surface area contributed by atoms with Gasteiger partial charge in [-0.05, 0) is 12.1 Å². The molecule has 0 aliphatic rings. The van der Waals surface area contributed by atoms with Gasteiger partial charge in [-0.3, -0.25) is 0 Å². The summed E-state index contributed by atoms with van der Waals surface area (Å²) in [7, 11) is 1.78. The van der Waals surface area contributed by atoms with Gasteiger partial charge in [0.1, 0.15) is 23.3 Å². The summed E-state index contributed by atoms with van der Waals surface area (Å²) in [6.45, 7) is 8.00. The number of nitrogens with zero attached hydrogens (tertiary/aromatic N) is 4. The maximum atomic E-state index is 5.84. The smallest absolute Gasteiger partial charge is 0.251 e. The van der Waals surface area contributed by atoms with Gasteiger partial charge in [-0.25, -0.2) is 14.6 Å². The molecule has 0 aliphatic carbocycles. The third-order valence-corrected chi connectivity index (χ3v) is 2.58. The Morgan fingerprint density at radius 1 is 1.00 bits per heavy atom. The lowest BCUT2D eigenvalue weighted by molar-refractivity contribution is 0.458. The van der Waals surface area contributed by atoms with Crippen LogP contribution in [-0.4, -0.2) is 28.2 Å². The highest BCUT2D eigenvalue weighted by Crippen LogP contribution is 2.30. The Morgan fingerprint density at radius 3 is 2.22 bits per heavy atom. The van der Waals surface area contributed by atoms with Crippen molar-refractivity contribution in [2.75, 3.05) is 5.73 Å². The topological polar surface area (TPSA) is 78.9 Å². The summed E-state index contributed by atoms with van der Waals surface area (Å²) < 4.78 is 7.32. The minimum Gasteiger partial charge on any atom is -0.437 e. The fraction of sp³-hybridized carbons (Fsp3) is 0.312. The molecule has 3 rings (SSSR count). The summed E-state index contributed by atoms with van der Waals surface area (Å²) in [6, 6.07) is 9.39. The number of rotatable bonds is 2. The molecule has 2 heterocycles. The van der Waals surface area contributed by atoms with E-state index >= 15 is 0 Å². The molecular formula is C16H23BN5O. The second-order valence-corrected chi connectivity index (χ2v) is 3.80. The van der Waals surface area contributed by atoms with Crippen LogP contribution in [0.1, 0.15) is 27.7 Å². The molecule has 1 aromatic carbocycles. The second-order valence-electron chi connectivity index (χ2n) is 3.80. The number of benzene rings is 1. The minimum atomic E-state index is 0. The van der Waals surface area contributed by atoms with Crippen LogP contribution in [0.3, 0.4) is 0 Å². The Kier molecular flexibility index (Phi) is 9.07. The third kappa shape index (κ3) is 4.71. The summed E-state index contributed by atoms with van der Waals surface area (Å²) >= 11 is 0. The minimum absolute atomic E-state index is 0. The summed E-state index contributed by atoms with van der Waals surface area (Å²) in [6.07, 6.45) is 1.41. The van der Waals surface area contributed by atoms with Crippen molar-refractivity contribution in [1.29, 1.82) is 0 Å². The Balaban J connectivity index is 0.000000901. The Hall–Kier alpha value is -2.57. The monoisotopic (exact) mass is 312 g/mol. The standard InChI is InChI=1S/C12H11N5O.2C2H6.B/c1-17-11-9(10(13)14-7-15-11)12(16-17)18-8-5-3-2-4-6-8;2*1-2;/h2-7H,1H3,(H2,13,14,15);2*1-2H3;. The molecule has 0 fully saturated rings. The van der Waals surface area contributed by atoms with Gasteiger partial charge >= 0.3 is 0 Å². The molecule has 3 radical (unpaired) electrons. The first kappa shape index (κ1) is 20.4. The predicted octanol–water partition coefficient (Wildman–Crippen LogP) is 3.41. The summed E-state index contributed by atoms with van der Waals surface area (Å²) in [5, 5.41) is 4.89. The lowest BCUT2D eigenvalue weighted by Gasteiger charge is -2.02. The van der Waals surface area contributed by atoms with E-state index in [9.17, 15) is 0 Å². The molecule has 2 aromatic heterocycles. The van der Waals surface area contributed by atoms with Gasteiger partial charge in [0.25, 0.3) is 5.88 Å². The molecule has 2 N–H and O–H groups in total. The highest BCUT2D eigenvalue weighted by Gasteiger charge is 2.15.